The average molecular weight is 403 g/mol. The topological polar surface area (TPSA) is 76.1 Å². The molecule has 4 rings (SSSR count). The molecule has 1 aliphatic carbocycles. The summed E-state index contributed by atoms with van der Waals surface area (Å²) in [6.07, 6.45) is -2.10. The van der Waals surface area contributed by atoms with Gasteiger partial charge in [-0.05, 0) is 22.3 Å². The zero-order valence-corrected chi connectivity index (χ0v) is 15.3. The summed E-state index contributed by atoms with van der Waals surface area (Å²) < 4.78 is 34.8. The number of alkyl halides is 2. The molecule has 1 heterocycles. The Kier molecular flexibility index (Phi) is 5.19. The van der Waals surface area contributed by atoms with Crippen LogP contribution >= 0.6 is 0 Å². The number of benzene rings is 2. The van der Waals surface area contributed by atoms with Gasteiger partial charge in [-0.15, -0.1) is 0 Å². The molecule has 8 heteroatoms. The van der Waals surface area contributed by atoms with E-state index in [-0.39, 0.29) is 25.5 Å². The molecular formula is C21H19F2NO5. The molecule has 2 aliphatic rings. The minimum absolute atomic E-state index is 0.0239. The van der Waals surface area contributed by atoms with Crippen molar-refractivity contribution in [1.29, 1.82) is 0 Å². The van der Waals surface area contributed by atoms with Crippen LogP contribution in [0, 0.1) is 0 Å². The highest BCUT2D eigenvalue weighted by Gasteiger charge is 2.42. The normalized spacial score (nSPS) is 20.6. The molecular weight excluding hydrogens is 384 g/mol. The Labute approximate surface area is 165 Å². The number of fused-ring (bicyclic) bond motifs is 3. The van der Waals surface area contributed by atoms with Gasteiger partial charge in [0.1, 0.15) is 12.6 Å². The lowest BCUT2D eigenvalue weighted by Gasteiger charge is -2.22. The van der Waals surface area contributed by atoms with E-state index in [0.29, 0.717) is 0 Å². The maximum Gasteiger partial charge on any atom is 0.410 e. The molecule has 2 atom stereocenters. The van der Waals surface area contributed by atoms with Gasteiger partial charge < -0.3 is 14.6 Å². The lowest BCUT2D eigenvalue weighted by atomic mass is 9.98. The highest BCUT2D eigenvalue weighted by Crippen LogP contribution is 2.44. The molecule has 6 nitrogen and oxygen atoms in total. The summed E-state index contributed by atoms with van der Waals surface area (Å²) in [5, 5.41) is 9.33. The molecule has 0 spiro atoms. The van der Waals surface area contributed by atoms with Crippen LogP contribution in [0.25, 0.3) is 11.1 Å². The molecule has 0 aromatic heterocycles. The minimum Gasteiger partial charge on any atom is -0.480 e. The molecule has 1 aliphatic heterocycles. The second-order valence-electron chi connectivity index (χ2n) is 7.06. The van der Waals surface area contributed by atoms with E-state index in [9.17, 15) is 23.5 Å². The monoisotopic (exact) mass is 403 g/mol. The van der Waals surface area contributed by atoms with Crippen molar-refractivity contribution in [3.63, 3.8) is 0 Å². The summed E-state index contributed by atoms with van der Waals surface area (Å²) in [6, 6.07) is 14.4. The highest BCUT2D eigenvalue weighted by atomic mass is 19.3. The highest BCUT2D eigenvalue weighted by molar-refractivity contribution is 5.81. The van der Waals surface area contributed by atoms with E-state index in [4.69, 9.17) is 4.74 Å². The molecule has 1 amide bonds. The molecule has 2 aromatic carbocycles. The van der Waals surface area contributed by atoms with E-state index in [0.717, 1.165) is 27.2 Å². The molecule has 0 bridgehead atoms. The zero-order valence-electron chi connectivity index (χ0n) is 15.3. The number of likely N-dealkylation sites (tertiary alicyclic amines) is 1. The lowest BCUT2D eigenvalue weighted by molar-refractivity contribution is -0.159. The smallest absolute Gasteiger partial charge is 0.410 e. The lowest BCUT2D eigenvalue weighted by Crippen LogP contribution is -2.41. The number of rotatable bonds is 5. The van der Waals surface area contributed by atoms with Crippen LogP contribution in [0.2, 0.25) is 0 Å². The van der Waals surface area contributed by atoms with Gasteiger partial charge in [0.25, 0.3) is 0 Å². The summed E-state index contributed by atoms with van der Waals surface area (Å²) in [7, 11) is 0. The number of hydrogen-bond acceptors (Lipinski definition) is 4. The Morgan fingerprint density at radius 3 is 2.21 bits per heavy atom. The number of halogens is 2. The van der Waals surface area contributed by atoms with Gasteiger partial charge in [-0.2, -0.15) is 8.78 Å². The number of carbonyl (C=O) groups excluding carboxylic acids is 1. The zero-order chi connectivity index (χ0) is 20.5. The van der Waals surface area contributed by atoms with Crippen LogP contribution in [-0.4, -0.2) is 54.0 Å². The van der Waals surface area contributed by atoms with Crippen LogP contribution in [0.15, 0.2) is 48.5 Å². The number of carboxylic acids is 1. The molecule has 0 saturated carbocycles. The molecule has 1 unspecified atom stereocenters. The van der Waals surface area contributed by atoms with E-state index in [1.807, 2.05) is 48.5 Å². The van der Waals surface area contributed by atoms with E-state index in [1.54, 1.807) is 0 Å². The van der Waals surface area contributed by atoms with Crippen molar-refractivity contribution < 1.29 is 33.0 Å². The standard InChI is InChI=1S/C21H19F2NO5/c22-20(23)29-12-9-18(19(25)26)24(10-12)21(27)28-11-17-15-7-3-1-5-13(15)14-6-2-4-8-16(14)17/h1-8,12,17-18,20H,9-11H2,(H,25,26)/t12?,18-/m0/s1. The Morgan fingerprint density at radius 1 is 1.07 bits per heavy atom. The Balaban J connectivity index is 1.49. The Hall–Kier alpha value is -3.00. The maximum atomic E-state index is 12.6. The quantitative estimate of drug-likeness (QED) is 0.824. The van der Waals surface area contributed by atoms with Crippen molar-refractivity contribution >= 4 is 12.1 Å². The van der Waals surface area contributed by atoms with Crippen LogP contribution < -0.4 is 0 Å². The van der Waals surface area contributed by atoms with E-state index in [1.165, 1.54) is 0 Å². The predicted molar refractivity (Wildman–Crippen MR) is 98.7 cm³/mol. The van der Waals surface area contributed by atoms with Crippen LogP contribution in [0.1, 0.15) is 23.5 Å². The molecule has 29 heavy (non-hydrogen) atoms. The van der Waals surface area contributed by atoms with Crippen molar-refractivity contribution in [2.24, 2.45) is 0 Å². The van der Waals surface area contributed by atoms with Gasteiger partial charge in [-0.25, -0.2) is 9.59 Å². The van der Waals surface area contributed by atoms with Gasteiger partial charge in [0.15, 0.2) is 0 Å². The average Bonchev–Trinajstić information content (AvgIpc) is 3.25. The predicted octanol–water partition coefficient (Wildman–Crippen LogP) is 3.70. The van der Waals surface area contributed by atoms with Crippen molar-refractivity contribution in [3.05, 3.63) is 59.7 Å². The third-order valence-corrected chi connectivity index (χ3v) is 5.41. The first-order valence-electron chi connectivity index (χ1n) is 9.23. The van der Waals surface area contributed by atoms with Crippen LogP contribution in [0.5, 0.6) is 0 Å². The van der Waals surface area contributed by atoms with Gasteiger partial charge in [-0.1, -0.05) is 48.5 Å². The number of aliphatic carboxylic acids is 1. The van der Waals surface area contributed by atoms with E-state index >= 15 is 0 Å². The first-order chi connectivity index (χ1) is 14.0. The van der Waals surface area contributed by atoms with Crippen molar-refractivity contribution in [2.45, 2.75) is 31.1 Å². The van der Waals surface area contributed by atoms with E-state index in [2.05, 4.69) is 4.74 Å². The fraction of sp³-hybridized carbons (Fsp3) is 0.333. The van der Waals surface area contributed by atoms with Gasteiger partial charge in [-0.3, -0.25) is 4.90 Å². The SMILES string of the molecule is O=C(O)[C@@H]1CC(OC(F)F)CN1C(=O)OCC1c2ccccc2-c2ccccc21. The maximum absolute atomic E-state index is 12.6. The number of ether oxygens (including phenoxy) is 2. The molecule has 152 valence electrons. The number of carboxylic acid groups (broad SMARTS) is 1. The second kappa shape index (κ2) is 7.79. The van der Waals surface area contributed by atoms with Crippen LogP contribution in [-0.2, 0) is 14.3 Å². The number of nitrogens with zero attached hydrogens (tertiary/aromatic N) is 1. The van der Waals surface area contributed by atoms with E-state index < -0.39 is 30.8 Å². The first kappa shape index (κ1) is 19.3. The summed E-state index contributed by atoms with van der Waals surface area (Å²) in [4.78, 5) is 25.0. The van der Waals surface area contributed by atoms with Crippen molar-refractivity contribution in [2.75, 3.05) is 13.2 Å². The van der Waals surface area contributed by atoms with Crippen LogP contribution in [0.3, 0.4) is 0 Å². The van der Waals surface area contributed by atoms with Crippen molar-refractivity contribution in [1.82, 2.24) is 4.90 Å². The minimum atomic E-state index is -3.03. The largest absolute Gasteiger partial charge is 0.480 e. The number of amides is 1. The van der Waals surface area contributed by atoms with Gasteiger partial charge in [0, 0.05) is 12.3 Å². The number of hydrogen-bond donors (Lipinski definition) is 1. The summed E-state index contributed by atoms with van der Waals surface area (Å²) in [6.45, 7) is -3.26. The first-order valence-corrected chi connectivity index (χ1v) is 9.23. The Bertz CT molecular complexity index is 889. The molecule has 2 aromatic rings. The van der Waals surface area contributed by atoms with Gasteiger partial charge in [0.2, 0.25) is 0 Å². The summed E-state index contributed by atoms with van der Waals surface area (Å²) in [5.41, 5.74) is 4.19. The van der Waals surface area contributed by atoms with Crippen molar-refractivity contribution in [3.8, 4) is 11.1 Å². The Morgan fingerprint density at radius 2 is 1.66 bits per heavy atom. The van der Waals surface area contributed by atoms with Crippen LogP contribution in [0.4, 0.5) is 13.6 Å². The number of carbonyl (C=O) groups is 2. The summed E-state index contributed by atoms with van der Waals surface area (Å²) in [5.74, 6) is -1.45. The third kappa shape index (κ3) is 3.67. The second-order valence-corrected chi connectivity index (χ2v) is 7.06. The molecule has 1 fully saturated rings. The van der Waals surface area contributed by atoms with Gasteiger partial charge in [0.05, 0.1) is 12.6 Å². The van der Waals surface area contributed by atoms with Gasteiger partial charge >= 0.3 is 18.7 Å². The molecule has 1 saturated heterocycles. The fourth-order valence-corrected chi connectivity index (χ4v) is 4.15. The molecule has 1 N–H and O–H groups in total. The molecule has 0 radical (unpaired) electrons. The third-order valence-electron chi connectivity index (χ3n) is 5.41. The summed E-state index contributed by atoms with van der Waals surface area (Å²) >= 11 is 0. The fourth-order valence-electron chi connectivity index (χ4n) is 4.15.